The number of ether oxygens (including phenoxy) is 1. The highest BCUT2D eigenvalue weighted by atomic mass is 35.5. The van der Waals surface area contributed by atoms with E-state index in [9.17, 15) is 4.79 Å². The number of nitrogens with one attached hydrogen (secondary N) is 1. The third-order valence-electron chi connectivity index (χ3n) is 4.31. The summed E-state index contributed by atoms with van der Waals surface area (Å²) in [7, 11) is 0. The minimum atomic E-state index is -0.357. The van der Waals surface area contributed by atoms with Gasteiger partial charge in [-0.15, -0.1) is 24.8 Å². The SMILES string of the molecule is CCN(CC)CCN(Cc1ccccc1)C(=O)C1CNCCO1.Cl.Cl. The van der Waals surface area contributed by atoms with E-state index in [-0.39, 0.29) is 36.8 Å². The fourth-order valence-electron chi connectivity index (χ4n) is 2.80. The Kier molecular flexibility index (Phi) is 12.9. The predicted molar refractivity (Wildman–Crippen MR) is 107 cm³/mol. The standard InChI is InChI=1S/C18H29N3O2.2ClH/c1-3-20(4-2)11-12-21(15-16-8-6-5-7-9-16)18(22)17-14-19-10-13-23-17;;/h5-9,17,19H,3-4,10-15H2,1-2H3;2*1H. The summed E-state index contributed by atoms with van der Waals surface area (Å²) in [6.07, 6.45) is -0.357. The lowest BCUT2D eigenvalue weighted by atomic mass is 10.2. The molecule has 1 unspecified atom stereocenters. The van der Waals surface area contributed by atoms with Gasteiger partial charge in [0, 0.05) is 32.7 Å². The van der Waals surface area contributed by atoms with Gasteiger partial charge in [-0.3, -0.25) is 4.79 Å². The van der Waals surface area contributed by atoms with Crippen LogP contribution in [0.4, 0.5) is 0 Å². The Hall–Kier alpha value is -0.850. The molecule has 0 bridgehead atoms. The minimum absolute atomic E-state index is 0. The van der Waals surface area contributed by atoms with Crippen molar-refractivity contribution in [2.45, 2.75) is 26.5 Å². The summed E-state index contributed by atoms with van der Waals surface area (Å²) < 4.78 is 5.65. The highest BCUT2D eigenvalue weighted by molar-refractivity contribution is 5.85. The smallest absolute Gasteiger partial charge is 0.253 e. The molecular weight excluding hydrogens is 361 g/mol. The Bertz CT molecular complexity index is 467. The van der Waals surface area contributed by atoms with Crippen LogP contribution in [0.3, 0.4) is 0 Å². The minimum Gasteiger partial charge on any atom is -0.366 e. The number of hydrogen-bond acceptors (Lipinski definition) is 4. The molecule has 1 N–H and O–H groups in total. The van der Waals surface area contributed by atoms with Gasteiger partial charge >= 0.3 is 0 Å². The zero-order valence-electron chi connectivity index (χ0n) is 15.1. The van der Waals surface area contributed by atoms with Crippen molar-refractivity contribution >= 4 is 30.7 Å². The van der Waals surface area contributed by atoms with Gasteiger partial charge in [0.15, 0.2) is 0 Å². The van der Waals surface area contributed by atoms with Crippen molar-refractivity contribution < 1.29 is 9.53 Å². The molecule has 0 aliphatic carbocycles. The van der Waals surface area contributed by atoms with E-state index < -0.39 is 0 Å². The number of nitrogens with zero attached hydrogens (tertiary/aromatic N) is 2. The third-order valence-corrected chi connectivity index (χ3v) is 4.31. The van der Waals surface area contributed by atoms with Crippen molar-refractivity contribution in [3.05, 3.63) is 35.9 Å². The van der Waals surface area contributed by atoms with Crippen molar-refractivity contribution in [1.82, 2.24) is 15.1 Å². The van der Waals surface area contributed by atoms with Crippen LogP contribution in [0.15, 0.2) is 30.3 Å². The molecule has 1 atom stereocenters. The molecule has 7 heteroatoms. The average Bonchev–Trinajstić information content (AvgIpc) is 2.62. The molecule has 1 fully saturated rings. The Morgan fingerprint density at radius 3 is 2.40 bits per heavy atom. The van der Waals surface area contributed by atoms with Crippen molar-refractivity contribution in [3.8, 4) is 0 Å². The summed E-state index contributed by atoms with van der Waals surface area (Å²) >= 11 is 0. The van der Waals surface area contributed by atoms with Gasteiger partial charge in [-0.1, -0.05) is 44.2 Å². The maximum absolute atomic E-state index is 12.8. The van der Waals surface area contributed by atoms with E-state index in [0.717, 1.165) is 38.3 Å². The van der Waals surface area contributed by atoms with Crippen molar-refractivity contribution in [1.29, 1.82) is 0 Å². The van der Waals surface area contributed by atoms with Crippen LogP contribution in [0, 0.1) is 0 Å². The van der Waals surface area contributed by atoms with Crippen LogP contribution in [-0.4, -0.2) is 67.7 Å². The number of carbonyl (C=O) groups excluding carboxylic acids is 1. The fraction of sp³-hybridized carbons (Fsp3) is 0.611. The van der Waals surface area contributed by atoms with Crippen LogP contribution in [0.25, 0.3) is 0 Å². The van der Waals surface area contributed by atoms with Crippen LogP contribution in [-0.2, 0) is 16.1 Å². The van der Waals surface area contributed by atoms with E-state index in [4.69, 9.17) is 4.74 Å². The van der Waals surface area contributed by atoms with Crippen LogP contribution in [0.2, 0.25) is 0 Å². The van der Waals surface area contributed by atoms with Gasteiger partial charge in [-0.25, -0.2) is 0 Å². The van der Waals surface area contributed by atoms with Crippen LogP contribution >= 0.6 is 24.8 Å². The second-order valence-electron chi connectivity index (χ2n) is 5.84. The summed E-state index contributed by atoms with van der Waals surface area (Å²) in [5, 5.41) is 3.24. The number of halogens is 2. The van der Waals surface area contributed by atoms with Crippen LogP contribution in [0.5, 0.6) is 0 Å². The molecule has 1 aromatic carbocycles. The molecule has 5 nitrogen and oxygen atoms in total. The number of morpholine rings is 1. The molecule has 0 radical (unpaired) electrons. The first-order valence-electron chi connectivity index (χ1n) is 8.62. The number of likely N-dealkylation sites (N-methyl/N-ethyl adjacent to an activating group) is 1. The number of carbonyl (C=O) groups is 1. The zero-order chi connectivity index (χ0) is 16.5. The maximum atomic E-state index is 12.8. The van der Waals surface area contributed by atoms with Crippen molar-refractivity contribution in [2.75, 3.05) is 45.9 Å². The molecule has 144 valence electrons. The molecule has 1 aromatic rings. The van der Waals surface area contributed by atoms with E-state index in [1.165, 1.54) is 0 Å². The lowest BCUT2D eigenvalue weighted by Gasteiger charge is -2.31. The number of amides is 1. The second kappa shape index (κ2) is 13.4. The lowest BCUT2D eigenvalue weighted by molar-refractivity contribution is -0.146. The molecule has 25 heavy (non-hydrogen) atoms. The largest absolute Gasteiger partial charge is 0.366 e. The predicted octanol–water partition coefficient (Wildman–Crippen LogP) is 2.19. The first kappa shape index (κ1) is 24.1. The topological polar surface area (TPSA) is 44.8 Å². The molecule has 0 spiro atoms. The average molecular weight is 392 g/mol. The lowest BCUT2D eigenvalue weighted by Crippen LogP contribution is -2.50. The summed E-state index contributed by atoms with van der Waals surface area (Å²) in [6, 6.07) is 10.2. The maximum Gasteiger partial charge on any atom is 0.253 e. The normalized spacial score (nSPS) is 16.7. The molecule has 1 aliphatic heterocycles. The van der Waals surface area contributed by atoms with Gasteiger partial charge < -0.3 is 19.9 Å². The van der Waals surface area contributed by atoms with Crippen LogP contribution in [0.1, 0.15) is 19.4 Å². The molecular formula is C18H31Cl2N3O2. The highest BCUT2D eigenvalue weighted by Crippen LogP contribution is 2.09. The fourth-order valence-corrected chi connectivity index (χ4v) is 2.80. The van der Waals surface area contributed by atoms with E-state index in [1.54, 1.807) is 0 Å². The van der Waals surface area contributed by atoms with E-state index in [2.05, 4.69) is 36.2 Å². The third kappa shape index (κ3) is 7.92. The Balaban J connectivity index is 0.00000288. The van der Waals surface area contributed by atoms with E-state index >= 15 is 0 Å². The molecule has 1 heterocycles. The van der Waals surface area contributed by atoms with Gasteiger partial charge in [0.25, 0.3) is 5.91 Å². The van der Waals surface area contributed by atoms with Gasteiger partial charge in [-0.05, 0) is 18.7 Å². The number of benzene rings is 1. The van der Waals surface area contributed by atoms with E-state index in [0.29, 0.717) is 19.7 Å². The Morgan fingerprint density at radius 1 is 1.16 bits per heavy atom. The molecule has 1 amide bonds. The highest BCUT2D eigenvalue weighted by Gasteiger charge is 2.27. The number of hydrogen-bond donors (Lipinski definition) is 1. The molecule has 0 saturated carbocycles. The first-order valence-corrected chi connectivity index (χ1v) is 8.62. The molecule has 1 saturated heterocycles. The number of rotatable bonds is 8. The zero-order valence-corrected chi connectivity index (χ0v) is 16.8. The monoisotopic (exact) mass is 391 g/mol. The summed E-state index contributed by atoms with van der Waals surface area (Å²) in [5.41, 5.74) is 1.16. The van der Waals surface area contributed by atoms with Gasteiger partial charge in [0.1, 0.15) is 6.10 Å². The second-order valence-corrected chi connectivity index (χ2v) is 5.84. The van der Waals surface area contributed by atoms with Gasteiger partial charge in [0.05, 0.1) is 6.61 Å². The first-order chi connectivity index (χ1) is 11.2. The van der Waals surface area contributed by atoms with E-state index in [1.807, 2.05) is 23.1 Å². The summed E-state index contributed by atoms with van der Waals surface area (Å²) in [6.45, 7) is 10.6. The molecule has 2 rings (SSSR count). The molecule has 1 aliphatic rings. The molecule has 0 aromatic heterocycles. The van der Waals surface area contributed by atoms with Crippen LogP contribution < -0.4 is 5.32 Å². The van der Waals surface area contributed by atoms with Gasteiger partial charge in [0.2, 0.25) is 0 Å². The Labute approximate surface area is 163 Å². The van der Waals surface area contributed by atoms with Crippen molar-refractivity contribution in [2.24, 2.45) is 0 Å². The quantitative estimate of drug-likeness (QED) is 0.737. The Morgan fingerprint density at radius 2 is 1.84 bits per heavy atom. The van der Waals surface area contributed by atoms with Crippen molar-refractivity contribution in [3.63, 3.8) is 0 Å². The van der Waals surface area contributed by atoms with Gasteiger partial charge in [-0.2, -0.15) is 0 Å². The summed E-state index contributed by atoms with van der Waals surface area (Å²) in [4.78, 5) is 17.1. The summed E-state index contributed by atoms with van der Waals surface area (Å²) in [5.74, 6) is 0.0909.